The molecule has 1 unspecified atom stereocenters. The Morgan fingerprint density at radius 1 is 1.83 bits per heavy atom. The number of rotatable bonds is 2. The van der Waals surface area contributed by atoms with Crippen LogP contribution in [0, 0.1) is 0 Å². The van der Waals surface area contributed by atoms with E-state index < -0.39 is 0 Å². The molecule has 0 aliphatic carbocycles. The molecule has 6 heavy (non-hydrogen) atoms. The SMILES string of the molecule is CC[P+](=[Se])SC. The Morgan fingerprint density at radius 2 is 2.33 bits per heavy atom. The molecule has 0 aromatic carbocycles. The second-order valence-electron chi connectivity index (χ2n) is 0.832. The van der Waals surface area contributed by atoms with E-state index in [1.165, 1.54) is 6.16 Å². The Morgan fingerprint density at radius 3 is 2.33 bits per heavy atom. The van der Waals surface area contributed by atoms with Crippen LogP contribution in [-0.4, -0.2) is 27.5 Å². The number of hydrogen-bond donors (Lipinski definition) is 0. The predicted octanol–water partition coefficient (Wildman–Crippen LogP) is 1.85. The van der Waals surface area contributed by atoms with Gasteiger partial charge in [-0.15, -0.1) is 0 Å². The molecule has 0 fully saturated rings. The van der Waals surface area contributed by atoms with Gasteiger partial charge in [-0.05, 0) is 0 Å². The molecular formula is C3H8PSSe+. The van der Waals surface area contributed by atoms with Crippen molar-refractivity contribution in [1.82, 2.24) is 0 Å². The van der Waals surface area contributed by atoms with E-state index in [-0.39, 0.29) is 5.37 Å². The van der Waals surface area contributed by atoms with Crippen molar-refractivity contribution in [2.45, 2.75) is 6.92 Å². The molecule has 0 amide bonds. The van der Waals surface area contributed by atoms with Gasteiger partial charge in [-0.25, -0.2) is 0 Å². The summed E-state index contributed by atoms with van der Waals surface area (Å²) in [5.74, 6) is 0. The first-order chi connectivity index (χ1) is 2.81. The fourth-order valence-electron chi connectivity index (χ4n) is 0.129. The standard InChI is InChI=1S/C3H8PSSe/c1-3-4(6)5-2/h3H2,1-2H3/q+1. The molecule has 0 aromatic rings. The summed E-state index contributed by atoms with van der Waals surface area (Å²) in [6.45, 7) is 2.21. The van der Waals surface area contributed by atoms with Gasteiger partial charge in [0.05, 0.1) is 0 Å². The zero-order valence-electron chi connectivity index (χ0n) is 3.97. The fraction of sp³-hybridized carbons (Fsp3) is 1.00. The average Bonchev–Trinajstić information content (AvgIpc) is 1.65. The van der Waals surface area contributed by atoms with Crippen LogP contribution >= 0.6 is 16.8 Å². The van der Waals surface area contributed by atoms with Crippen molar-refractivity contribution in [3.63, 3.8) is 0 Å². The Hall–Kier alpha value is 1.17. The van der Waals surface area contributed by atoms with E-state index in [0.29, 0.717) is 0 Å². The third-order valence-corrected chi connectivity index (χ3v) is 7.82. The Kier molecular flexibility index (Phi) is 5.18. The molecule has 0 bridgehead atoms. The molecule has 1 atom stereocenters. The van der Waals surface area contributed by atoms with Gasteiger partial charge in [0.25, 0.3) is 0 Å². The van der Waals surface area contributed by atoms with Crippen LogP contribution in [0.4, 0.5) is 0 Å². The van der Waals surface area contributed by atoms with Gasteiger partial charge in [-0.2, -0.15) is 0 Å². The van der Waals surface area contributed by atoms with E-state index >= 15 is 0 Å². The second-order valence-corrected chi connectivity index (χ2v) is 9.25. The summed E-state index contributed by atoms with van der Waals surface area (Å²) in [5, 5.41) is 0.216. The van der Waals surface area contributed by atoms with E-state index in [1.54, 1.807) is 0 Å². The third-order valence-electron chi connectivity index (χ3n) is 0.462. The molecule has 0 saturated carbocycles. The van der Waals surface area contributed by atoms with E-state index in [2.05, 4.69) is 28.3 Å². The molecule has 36 valence electrons. The monoisotopic (exact) mass is 187 g/mol. The molecule has 3 heteroatoms. The van der Waals surface area contributed by atoms with Crippen LogP contribution in [0.3, 0.4) is 0 Å². The summed E-state index contributed by atoms with van der Waals surface area (Å²) in [5.41, 5.74) is 0. The van der Waals surface area contributed by atoms with Crippen LogP contribution in [0.1, 0.15) is 6.92 Å². The van der Waals surface area contributed by atoms with Crippen molar-refractivity contribution in [3.05, 3.63) is 0 Å². The number of hydrogen-bond acceptors (Lipinski definition) is 1. The summed E-state index contributed by atoms with van der Waals surface area (Å²) < 4.78 is 0. The molecule has 0 aliphatic heterocycles. The zero-order valence-corrected chi connectivity index (χ0v) is 7.39. The van der Waals surface area contributed by atoms with Crippen molar-refractivity contribution in [3.8, 4) is 0 Å². The van der Waals surface area contributed by atoms with Crippen molar-refractivity contribution in [2.75, 3.05) is 12.4 Å². The van der Waals surface area contributed by atoms with E-state index in [1.807, 2.05) is 11.4 Å². The van der Waals surface area contributed by atoms with E-state index in [4.69, 9.17) is 0 Å². The van der Waals surface area contributed by atoms with Gasteiger partial charge in [0, 0.05) is 0 Å². The van der Waals surface area contributed by atoms with Crippen LogP contribution in [0.5, 0.6) is 0 Å². The zero-order chi connectivity index (χ0) is 4.99. The summed E-state index contributed by atoms with van der Waals surface area (Å²) in [6, 6.07) is 0. The van der Waals surface area contributed by atoms with Gasteiger partial charge in [0.1, 0.15) is 0 Å². The third kappa shape index (κ3) is 3.36. The molecular weight excluding hydrogens is 178 g/mol. The van der Waals surface area contributed by atoms with Gasteiger partial charge in [-0.3, -0.25) is 0 Å². The van der Waals surface area contributed by atoms with Crippen LogP contribution in [-0.2, 0) is 0 Å². The Balaban J connectivity index is 2.99. The molecule has 0 heterocycles. The minimum atomic E-state index is 0.216. The first-order valence-electron chi connectivity index (χ1n) is 1.80. The van der Waals surface area contributed by atoms with Crippen LogP contribution in [0.25, 0.3) is 0 Å². The summed E-state index contributed by atoms with van der Waals surface area (Å²) in [4.78, 5) is 0. The molecule has 0 saturated heterocycles. The van der Waals surface area contributed by atoms with Crippen molar-refractivity contribution >= 4 is 31.8 Å². The van der Waals surface area contributed by atoms with Gasteiger partial charge in [0.15, 0.2) is 0 Å². The van der Waals surface area contributed by atoms with Gasteiger partial charge >= 0.3 is 51.2 Å². The van der Waals surface area contributed by atoms with E-state index in [0.717, 1.165) is 0 Å². The Labute approximate surface area is 51.5 Å². The second kappa shape index (κ2) is 4.33. The Bertz CT molecular complexity index is 48.8. The predicted molar refractivity (Wildman–Crippen MR) is 36.7 cm³/mol. The summed E-state index contributed by atoms with van der Waals surface area (Å²) in [6.07, 6.45) is 3.45. The summed E-state index contributed by atoms with van der Waals surface area (Å²) >= 11 is 5.04. The molecule has 0 aliphatic rings. The first-order valence-corrected chi connectivity index (χ1v) is 7.37. The molecule has 0 N–H and O–H groups in total. The normalized spacial score (nSPS) is 11.3. The van der Waals surface area contributed by atoms with E-state index in [9.17, 15) is 0 Å². The molecule has 0 nitrogen and oxygen atoms in total. The molecule has 0 aromatic heterocycles. The average molecular weight is 186 g/mol. The maximum absolute atomic E-state index is 3.10. The van der Waals surface area contributed by atoms with Crippen molar-refractivity contribution in [2.24, 2.45) is 0 Å². The topological polar surface area (TPSA) is 0 Å². The fourth-order valence-corrected chi connectivity index (χ4v) is 1.16. The van der Waals surface area contributed by atoms with Gasteiger partial charge in [0.2, 0.25) is 0 Å². The van der Waals surface area contributed by atoms with Crippen molar-refractivity contribution in [1.29, 1.82) is 0 Å². The van der Waals surface area contributed by atoms with Crippen LogP contribution in [0.15, 0.2) is 0 Å². The molecule has 0 spiro atoms. The van der Waals surface area contributed by atoms with Gasteiger partial charge < -0.3 is 0 Å². The maximum atomic E-state index is 3.10. The molecule has 0 radical (unpaired) electrons. The summed E-state index contributed by atoms with van der Waals surface area (Å²) in [7, 11) is 0. The van der Waals surface area contributed by atoms with Gasteiger partial charge in [-0.1, -0.05) is 0 Å². The minimum absolute atomic E-state index is 0.216. The molecule has 0 rings (SSSR count). The van der Waals surface area contributed by atoms with Crippen LogP contribution < -0.4 is 0 Å². The quantitative estimate of drug-likeness (QED) is 0.468. The van der Waals surface area contributed by atoms with Crippen LogP contribution in [0.2, 0.25) is 0 Å². The van der Waals surface area contributed by atoms with Crippen molar-refractivity contribution < 1.29 is 0 Å². The first kappa shape index (κ1) is 7.17.